The van der Waals surface area contributed by atoms with E-state index < -0.39 is 0 Å². The van der Waals surface area contributed by atoms with E-state index in [1.807, 2.05) is 13.0 Å². The first-order valence-electron chi connectivity index (χ1n) is 6.34. The summed E-state index contributed by atoms with van der Waals surface area (Å²) in [7, 11) is 0. The second-order valence-electron chi connectivity index (χ2n) is 4.29. The van der Waals surface area contributed by atoms with Gasteiger partial charge >= 0.3 is 0 Å². The number of rotatable bonds is 7. The first-order chi connectivity index (χ1) is 8.24. The second kappa shape index (κ2) is 8.02. The fourth-order valence-electron chi connectivity index (χ4n) is 1.68. The molecule has 0 spiro atoms. The zero-order valence-corrected chi connectivity index (χ0v) is 10.8. The molecule has 1 aromatic rings. The maximum absolute atomic E-state index is 13.0. The van der Waals surface area contributed by atoms with Crippen LogP contribution in [0.3, 0.4) is 0 Å². The molecule has 1 aromatic carbocycles. The fraction of sp³-hybridized carbons (Fsp3) is 0.467. The summed E-state index contributed by atoms with van der Waals surface area (Å²) in [5.41, 5.74) is 2.22. The lowest BCUT2D eigenvalue weighted by atomic mass is 10.1. The minimum Gasteiger partial charge on any atom is -0.316 e. The van der Waals surface area contributed by atoms with Gasteiger partial charge < -0.3 is 5.32 Å². The average molecular weight is 235 g/mol. The molecule has 2 heteroatoms. The average Bonchev–Trinajstić information content (AvgIpc) is 2.32. The van der Waals surface area contributed by atoms with Crippen molar-refractivity contribution in [1.29, 1.82) is 0 Å². The van der Waals surface area contributed by atoms with Crippen molar-refractivity contribution in [3.8, 4) is 0 Å². The van der Waals surface area contributed by atoms with Gasteiger partial charge in [-0.3, -0.25) is 0 Å². The smallest absolute Gasteiger partial charge is 0.123 e. The zero-order chi connectivity index (χ0) is 12.5. The first-order valence-corrected chi connectivity index (χ1v) is 6.34. The van der Waals surface area contributed by atoms with E-state index in [9.17, 15) is 4.39 Å². The highest BCUT2D eigenvalue weighted by atomic mass is 19.1. The van der Waals surface area contributed by atoms with Crippen molar-refractivity contribution in [3.63, 3.8) is 0 Å². The largest absolute Gasteiger partial charge is 0.316 e. The van der Waals surface area contributed by atoms with Gasteiger partial charge in [-0.1, -0.05) is 25.1 Å². The highest BCUT2D eigenvalue weighted by Gasteiger charge is 1.97. The van der Waals surface area contributed by atoms with Gasteiger partial charge in [0.2, 0.25) is 0 Å². The monoisotopic (exact) mass is 235 g/mol. The molecule has 0 amide bonds. The molecule has 17 heavy (non-hydrogen) atoms. The first kappa shape index (κ1) is 13.9. The van der Waals surface area contributed by atoms with E-state index in [0.717, 1.165) is 37.1 Å². The highest BCUT2D eigenvalue weighted by Crippen LogP contribution is 2.11. The second-order valence-corrected chi connectivity index (χ2v) is 4.29. The number of aryl methyl sites for hydroxylation is 1. The summed E-state index contributed by atoms with van der Waals surface area (Å²) in [6, 6.07) is 4.97. The molecule has 1 nitrogen and oxygen atoms in total. The van der Waals surface area contributed by atoms with E-state index in [1.54, 1.807) is 6.07 Å². The molecule has 0 aromatic heterocycles. The Morgan fingerprint density at radius 3 is 2.82 bits per heavy atom. The Bertz CT molecular complexity index is 358. The molecule has 0 aliphatic heterocycles. The number of hydrogen-bond donors (Lipinski definition) is 1. The molecule has 0 bridgehead atoms. The van der Waals surface area contributed by atoms with Gasteiger partial charge in [-0.15, -0.1) is 0 Å². The van der Waals surface area contributed by atoms with Gasteiger partial charge in [0.15, 0.2) is 0 Å². The fourth-order valence-corrected chi connectivity index (χ4v) is 1.68. The standard InChI is InChI=1S/C15H22FN/c1-3-10-17-11-6-4-5-7-14-12-15(16)9-8-13(14)2/h4-5,8-9,12,17H,3,6-7,10-11H2,1-2H3/b5-4+. The van der Waals surface area contributed by atoms with Crippen LogP contribution >= 0.6 is 0 Å². The molecule has 0 fully saturated rings. The number of hydrogen-bond acceptors (Lipinski definition) is 1. The third kappa shape index (κ3) is 5.64. The molecule has 0 aliphatic carbocycles. The van der Waals surface area contributed by atoms with Crippen molar-refractivity contribution in [2.45, 2.75) is 33.1 Å². The van der Waals surface area contributed by atoms with Crippen LogP contribution in [0, 0.1) is 12.7 Å². The quantitative estimate of drug-likeness (QED) is 0.562. The number of benzene rings is 1. The van der Waals surface area contributed by atoms with Crippen LogP contribution in [0.1, 0.15) is 30.9 Å². The number of allylic oxidation sites excluding steroid dienone is 1. The Balaban J connectivity index is 2.29. The van der Waals surface area contributed by atoms with Crippen molar-refractivity contribution < 1.29 is 4.39 Å². The topological polar surface area (TPSA) is 12.0 Å². The maximum Gasteiger partial charge on any atom is 0.123 e. The van der Waals surface area contributed by atoms with Crippen LogP contribution in [0.4, 0.5) is 4.39 Å². The Morgan fingerprint density at radius 1 is 1.24 bits per heavy atom. The van der Waals surface area contributed by atoms with Crippen LogP contribution in [0.2, 0.25) is 0 Å². The van der Waals surface area contributed by atoms with Crippen molar-refractivity contribution in [1.82, 2.24) is 5.32 Å². The molecule has 0 heterocycles. The summed E-state index contributed by atoms with van der Waals surface area (Å²) in [6.07, 6.45) is 7.31. The third-order valence-corrected chi connectivity index (χ3v) is 2.73. The molecular weight excluding hydrogens is 213 g/mol. The number of nitrogens with one attached hydrogen (secondary N) is 1. The molecule has 0 unspecified atom stereocenters. The van der Waals surface area contributed by atoms with Gasteiger partial charge in [-0.2, -0.15) is 0 Å². The van der Waals surface area contributed by atoms with E-state index in [-0.39, 0.29) is 5.82 Å². The summed E-state index contributed by atoms with van der Waals surface area (Å²) in [5, 5.41) is 3.34. The predicted molar refractivity (Wildman–Crippen MR) is 71.8 cm³/mol. The van der Waals surface area contributed by atoms with Crippen LogP contribution in [0.15, 0.2) is 30.4 Å². The molecule has 1 N–H and O–H groups in total. The number of halogens is 1. The van der Waals surface area contributed by atoms with Gasteiger partial charge in [0.1, 0.15) is 5.82 Å². The molecule has 0 aliphatic rings. The molecule has 1 rings (SSSR count). The lowest BCUT2D eigenvalue weighted by molar-refractivity contribution is 0.625. The van der Waals surface area contributed by atoms with Crippen molar-refractivity contribution in [2.75, 3.05) is 13.1 Å². The summed E-state index contributed by atoms with van der Waals surface area (Å²) in [5.74, 6) is -0.149. The lowest BCUT2D eigenvalue weighted by Crippen LogP contribution is -2.15. The predicted octanol–water partition coefficient (Wildman–Crippen LogP) is 3.62. The van der Waals surface area contributed by atoms with Gasteiger partial charge in [-0.05, 0) is 62.5 Å². The SMILES string of the molecule is CCCNCC/C=C/Cc1cc(F)ccc1C. The molecule has 0 radical (unpaired) electrons. The van der Waals surface area contributed by atoms with E-state index in [1.165, 1.54) is 12.5 Å². The lowest BCUT2D eigenvalue weighted by Gasteiger charge is -2.02. The van der Waals surface area contributed by atoms with E-state index >= 15 is 0 Å². The molecule has 0 atom stereocenters. The summed E-state index contributed by atoms with van der Waals surface area (Å²) in [6.45, 7) is 6.28. The van der Waals surface area contributed by atoms with Gasteiger partial charge in [0, 0.05) is 0 Å². The minimum absolute atomic E-state index is 0.149. The van der Waals surface area contributed by atoms with Crippen LogP contribution < -0.4 is 5.32 Å². The van der Waals surface area contributed by atoms with Crippen LogP contribution in [0.5, 0.6) is 0 Å². The Labute approximate surface area is 104 Å². The summed E-state index contributed by atoms with van der Waals surface area (Å²) in [4.78, 5) is 0. The molecule has 94 valence electrons. The van der Waals surface area contributed by atoms with Crippen LogP contribution in [-0.2, 0) is 6.42 Å². The minimum atomic E-state index is -0.149. The summed E-state index contributed by atoms with van der Waals surface area (Å²) >= 11 is 0. The zero-order valence-electron chi connectivity index (χ0n) is 10.8. The Kier molecular flexibility index (Phi) is 6.56. The Hall–Kier alpha value is -1.15. The molecule has 0 saturated carbocycles. The third-order valence-electron chi connectivity index (χ3n) is 2.73. The van der Waals surface area contributed by atoms with Gasteiger partial charge in [-0.25, -0.2) is 4.39 Å². The normalized spacial score (nSPS) is 11.2. The highest BCUT2D eigenvalue weighted by molar-refractivity contribution is 5.28. The van der Waals surface area contributed by atoms with Crippen molar-refractivity contribution >= 4 is 0 Å². The van der Waals surface area contributed by atoms with Gasteiger partial charge in [0.25, 0.3) is 0 Å². The van der Waals surface area contributed by atoms with E-state index in [2.05, 4.69) is 24.4 Å². The van der Waals surface area contributed by atoms with E-state index in [4.69, 9.17) is 0 Å². The van der Waals surface area contributed by atoms with Crippen molar-refractivity contribution in [3.05, 3.63) is 47.3 Å². The molecule has 0 saturated heterocycles. The van der Waals surface area contributed by atoms with Crippen LogP contribution in [-0.4, -0.2) is 13.1 Å². The molecular formula is C15H22FN. The van der Waals surface area contributed by atoms with Gasteiger partial charge in [0.05, 0.1) is 0 Å². The van der Waals surface area contributed by atoms with Crippen molar-refractivity contribution in [2.24, 2.45) is 0 Å². The maximum atomic E-state index is 13.0. The Morgan fingerprint density at radius 2 is 2.06 bits per heavy atom. The summed E-state index contributed by atoms with van der Waals surface area (Å²) < 4.78 is 13.0. The van der Waals surface area contributed by atoms with E-state index in [0.29, 0.717) is 0 Å². The van der Waals surface area contributed by atoms with Crippen LogP contribution in [0.25, 0.3) is 0 Å².